The predicted molar refractivity (Wildman–Crippen MR) is 98.3 cm³/mol. The van der Waals surface area contributed by atoms with Crippen molar-refractivity contribution < 1.29 is 9.59 Å². The number of carbonyl (C=O) groups is 2. The summed E-state index contributed by atoms with van der Waals surface area (Å²) in [6.45, 7) is 1.82. The Morgan fingerprint density at radius 2 is 1.84 bits per heavy atom. The molecule has 1 saturated carbocycles. The van der Waals surface area contributed by atoms with Gasteiger partial charge in [-0.2, -0.15) is 5.10 Å². The highest BCUT2D eigenvalue weighted by Crippen LogP contribution is 2.30. The summed E-state index contributed by atoms with van der Waals surface area (Å²) in [5.74, 6) is 0.0716. The largest absolute Gasteiger partial charge is 0.326 e. The van der Waals surface area contributed by atoms with Crippen molar-refractivity contribution in [2.45, 2.75) is 26.2 Å². The van der Waals surface area contributed by atoms with E-state index < -0.39 is 0 Å². The molecule has 2 N–H and O–H groups in total. The topological polar surface area (TPSA) is 70.6 Å². The molecular formula is C20H21N3O2. The lowest BCUT2D eigenvalue weighted by atomic mass is 10.1. The second-order valence-corrected chi connectivity index (χ2v) is 6.24. The summed E-state index contributed by atoms with van der Waals surface area (Å²) in [4.78, 5) is 23.8. The van der Waals surface area contributed by atoms with Crippen molar-refractivity contribution in [3.05, 3.63) is 65.7 Å². The third-order valence-electron chi connectivity index (χ3n) is 4.05. The lowest BCUT2D eigenvalue weighted by molar-refractivity contribution is -0.120. The molecule has 5 heteroatoms. The Bertz CT molecular complexity index is 796. The lowest BCUT2D eigenvalue weighted by Gasteiger charge is -2.07. The standard InChI is InChI=1S/C20H21N3O2/c1-14(22-23-19(24)12-15-6-3-2-4-7-15)17-8-5-9-18(13-17)21-20(25)16-10-11-16/h2-9,13,16H,10-12H2,1H3,(H,21,25)(H,23,24). The average molecular weight is 335 g/mol. The van der Waals surface area contributed by atoms with Crippen LogP contribution in [0.1, 0.15) is 30.9 Å². The molecule has 5 nitrogen and oxygen atoms in total. The third kappa shape index (κ3) is 5.01. The van der Waals surface area contributed by atoms with Crippen LogP contribution in [0.2, 0.25) is 0 Å². The molecule has 0 bridgehead atoms. The summed E-state index contributed by atoms with van der Waals surface area (Å²) in [6, 6.07) is 17.0. The Morgan fingerprint density at radius 3 is 2.56 bits per heavy atom. The van der Waals surface area contributed by atoms with Crippen LogP contribution in [0.5, 0.6) is 0 Å². The van der Waals surface area contributed by atoms with E-state index in [2.05, 4.69) is 15.8 Å². The first-order valence-electron chi connectivity index (χ1n) is 8.40. The molecule has 128 valence electrons. The van der Waals surface area contributed by atoms with Gasteiger partial charge in [-0.3, -0.25) is 9.59 Å². The Morgan fingerprint density at radius 1 is 1.08 bits per heavy atom. The maximum absolute atomic E-state index is 12.0. The molecule has 0 spiro atoms. The van der Waals surface area contributed by atoms with E-state index in [0.717, 1.165) is 29.7 Å². The molecule has 3 rings (SSSR count). The van der Waals surface area contributed by atoms with Crippen LogP contribution < -0.4 is 10.7 Å². The molecule has 0 heterocycles. The van der Waals surface area contributed by atoms with Gasteiger partial charge in [0.1, 0.15) is 0 Å². The molecule has 2 aromatic rings. The van der Waals surface area contributed by atoms with Gasteiger partial charge in [0.05, 0.1) is 12.1 Å². The number of nitrogens with zero attached hydrogens (tertiary/aromatic N) is 1. The van der Waals surface area contributed by atoms with E-state index in [4.69, 9.17) is 0 Å². The summed E-state index contributed by atoms with van der Waals surface area (Å²) < 4.78 is 0. The van der Waals surface area contributed by atoms with Crippen molar-refractivity contribution in [2.75, 3.05) is 5.32 Å². The van der Waals surface area contributed by atoms with Crippen molar-refractivity contribution in [1.82, 2.24) is 5.43 Å². The number of hydrazone groups is 1. The van der Waals surface area contributed by atoms with E-state index in [1.807, 2.05) is 61.5 Å². The summed E-state index contributed by atoms with van der Waals surface area (Å²) in [5, 5.41) is 7.08. The Kier molecular flexibility index (Phi) is 5.23. The molecule has 0 aromatic heterocycles. The number of anilines is 1. The van der Waals surface area contributed by atoms with Gasteiger partial charge < -0.3 is 5.32 Å². The average Bonchev–Trinajstić information content (AvgIpc) is 3.46. The van der Waals surface area contributed by atoms with E-state index in [9.17, 15) is 9.59 Å². The number of nitrogens with one attached hydrogen (secondary N) is 2. The van der Waals surface area contributed by atoms with Crippen LogP contribution in [0.4, 0.5) is 5.69 Å². The third-order valence-corrected chi connectivity index (χ3v) is 4.05. The molecule has 1 aliphatic carbocycles. The second kappa shape index (κ2) is 7.75. The highest BCUT2D eigenvalue weighted by atomic mass is 16.2. The number of amides is 2. The first-order chi connectivity index (χ1) is 12.1. The highest BCUT2D eigenvalue weighted by Gasteiger charge is 2.29. The number of hydrogen-bond acceptors (Lipinski definition) is 3. The second-order valence-electron chi connectivity index (χ2n) is 6.24. The minimum atomic E-state index is -0.163. The molecule has 0 atom stereocenters. The Hall–Kier alpha value is -2.95. The minimum Gasteiger partial charge on any atom is -0.326 e. The zero-order valence-electron chi connectivity index (χ0n) is 14.2. The van der Waals surface area contributed by atoms with Crippen molar-refractivity contribution in [3.63, 3.8) is 0 Å². The van der Waals surface area contributed by atoms with Gasteiger partial charge >= 0.3 is 0 Å². The SMILES string of the molecule is CC(=NNC(=O)Cc1ccccc1)c1cccc(NC(=O)C2CC2)c1. The zero-order valence-corrected chi connectivity index (χ0v) is 14.2. The van der Waals surface area contributed by atoms with Gasteiger partial charge in [0.15, 0.2) is 0 Å². The van der Waals surface area contributed by atoms with E-state index >= 15 is 0 Å². The first kappa shape index (κ1) is 16.9. The first-order valence-corrected chi connectivity index (χ1v) is 8.40. The van der Waals surface area contributed by atoms with Crippen LogP contribution in [0.3, 0.4) is 0 Å². The fraction of sp³-hybridized carbons (Fsp3) is 0.250. The van der Waals surface area contributed by atoms with Crippen LogP contribution >= 0.6 is 0 Å². The monoisotopic (exact) mass is 335 g/mol. The Labute approximate surface area is 147 Å². The van der Waals surface area contributed by atoms with Gasteiger partial charge in [-0.25, -0.2) is 5.43 Å². The van der Waals surface area contributed by atoms with Gasteiger partial charge in [0, 0.05) is 11.6 Å². The smallest absolute Gasteiger partial charge is 0.244 e. The molecule has 0 unspecified atom stereocenters. The van der Waals surface area contributed by atoms with Gasteiger partial charge in [-0.1, -0.05) is 42.5 Å². The molecule has 1 aliphatic rings. The molecule has 1 fully saturated rings. The van der Waals surface area contributed by atoms with E-state index in [0.29, 0.717) is 5.71 Å². The number of rotatable bonds is 6. The number of hydrogen-bond donors (Lipinski definition) is 2. The number of carbonyl (C=O) groups excluding carboxylic acids is 2. The molecule has 25 heavy (non-hydrogen) atoms. The van der Waals surface area contributed by atoms with Crippen LogP contribution in [-0.2, 0) is 16.0 Å². The molecule has 0 saturated heterocycles. The van der Waals surface area contributed by atoms with E-state index in [1.54, 1.807) is 0 Å². The number of benzene rings is 2. The Balaban J connectivity index is 1.59. The predicted octanol–water partition coefficient (Wildman–Crippen LogP) is 3.12. The minimum absolute atomic E-state index is 0.0721. The van der Waals surface area contributed by atoms with Crippen LogP contribution in [-0.4, -0.2) is 17.5 Å². The molecule has 0 radical (unpaired) electrons. The van der Waals surface area contributed by atoms with Gasteiger partial charge in [0.25, 0.3) is 0 Å². The van der Waals surface area contributed by atoms with Crippen molar-refractivity contribution in [2.24, 2.45) is 11.0 Å². The summed E-state index contributed by atoms with van der Waals surface area (Å²) in [6.07, 6.45) is 2.23. The molecular weight excluding hydrogens is 314 g/mol. The van der Waals surface area contributed by atoms with Gasteiger partial charge in [-0.15, -0.1) is 0 Å². The van der Waals surface area contributed by atoms with Crippen LogP contribution in [0.25, 0.3) is 0 Å². The van der Waals surface area contributed by atoms with Crippen LogP contribution in [0.15, 0.2) is 59.7 Å². The zero-order chi connectivity index (χ0) is 17.6. The normalized spacial score (nSPS) is 14.0. The summed E-state index contributed by atoms with van der Waals surface area (Å²) >= 11 is 0. The maximum atomic E-state index is 12.0. The molecule has 2 aromatic carbocycles. The molecule has 0 aliphatic heterocycles. The van der Waals surface area contributed by atoms with Gasteiger partial charge in [-0.05, 0) is 43.0 Å². The highest BCUT2D eigenvalue weighted by molar-refractivity contribution is 6.01. The van der Waals surface area contributed by atoms with Gasteiger partial charge in [0.2, 0.25) is 11.8 Å². The maximum Gasteiger partial charge on any atom is 0.244 e. The lowest BCUT2D eigenvalue weighted by Crippen LogP contribution is -2.21. The van der Waals surface area contributed by atoms with E-state index in [1.165, 1.54) is 0 Å². The fourth-order valence-corrected chi connectivity index (χ4v) is 2.44. The summed E-state index contributed by atoms with van der Waals surface area (Å²) in [5.41, 5.74) is 5.81. The quantitative estimate of drug-likeness (QED) is 0.629. The van der Waals surface area contributed by atoms with E-state index in [-0.39, 0.29) is 24.2 Å². The molecule has 2 amide bonds. The van der Waals surface area contributed by atoms with Crippen LogP contribution in [0, 0.1) is 5.92 Å². The van der Waals surface area contributed by atoms with Crippen molar-refractivity contribution >= 4 is 23.2 Å². The fourth-order valence-electron chi connectivity index (χ4n) is 2.44. The summed E-state index contributed by atoms with van der Waals surface area (Å²) in [7, 11) is 0. The van der Waals surface area contributed by atoms with Crippen molar-refractivity contribution in [3.8, 4) is 0 Å². The van der Waals surface area contributed by atoms with Crippen molar-refractivity contribution in [1.29, 1.82) is 0 Å².